The summed E-state index contributed by atoms with van der Waals surface area (Å²) in [6.45, 7) is 6.05. The Morgan fingerprint density at radius 1 is 1.44 bits per heavy atom. The molecule has 1 fully saturated rings. The number of aromatic amines is 1. The second-order valence-corrected chi connectivity index (χ2v) is 6.33. The third-order valence-corrected chi connectivity index (χ3v) is 4.36. The molecule has 0 unspecified atom stereocenters. The van der Waals surface area contributed by atoms with Crippen LogP contribution in [0.2, 0.25) is 0 Å². The van der Waals surface area contributed by atoms with Crippen molar-refractivity contribution >= 4 is 22.6 Å². The molecule has 1 aromatic heterocycles. The van der Waals surface area contributed by atoms with Gasteiger partial charge in [-0.15, -0.1) is 5.11 Å². The van der Waals surface area contributed by atoms with Gasteiger partial charge in [0.05, 0.1) is 13.7 Å². The van der Waals surface area contributed by atoms with Crippen LogP contribution in [0, 0.1) is 5.92 Å². The molecule has 134 valence electrons. The van der Waals surface area contributed by atoms with Gasteiger partial charge in [0.25, 0.3) is 0 Å². The lowest BCUT2D eigenvalue weighted by molar-refractivity contribution is 0.0521. The van der Waals surface area contributed by atoms with Crippen molar-refractivity contribution < 1.29 is 14.3 Å². The number of benzene rings is 1. The molecule has 1 N–H and O–H groups in total. The normalized spacial score (nSPS) is 18.0. The van der Waals surface area contributed by atoms with E-state index in [9.17, 15) is 4.79 Å². The summed E-state index contributed by atoms with van der Waals surface area (Å²) in [5, 5.41) is 11.5. The van der Waals surface area contributed by atoms with Crippen LogP contribution in [0.3, 0.4) is 0 Å². The Balaban J connectivity index is 1.99. The lowest BCUT2D eigenvalue weighted by Gasteiger charge is -2.27. The Morgan fingerprint density at radius 2 is 2.28 bits per heavy atom. The molecule has 2 heterocycles. The van der Waals surface area contributed by atoms with Gasteiger partial charge < -0.3 is 14.5 Å². The van der Waals surface area contributed by atoms with E-state index in [1.165, 1.54) is 6.42 Å². The number of H-pyrrole nitrogens is 1. The largest absolute Gasteiger partial charge is 0.497 e. The number of hydrogen-bond donors (Lipinski definition) is 1. The van der Waals surface area contributed by atoms with Crippen LogP contribution in [0.5, 0.6) is 5.75 Å². The van der Waals surface area contributed by atoms with E-state index in [4.69, 9.17) is 9.47 Å². The van der Waals surface area contributed by atoms with Crippen LogP contribution in [0.25, 0.3) is 10.9 Å². The summed E-state index contributed by atoms with van der Waals surface area (Å²) in [6, 6.07) is 5.54. The van der Waals surface area contributed by atoms with Gasteiger partial charge in [-0.2, -0.15) is 0 Å². The lowest BCUT2D eigenvalue weighted by Crippen LogP contribution is -2.29. The van der Waals surface area contributed by atoms with Gasteiger partial charge in [-0.3, -0.25) is 5.01 Å². The van der Waals surface area contributed by atoms with E-state index in [0.29, 0.717) is 29.7 Å². The Morgan fingerprint density at radius 3 is 3.00 bits per heavy atom. The highest BCUT2D eigenvalue weighted by Crippen LogP contribution is 2.34. The van der Waals surface area contributed by atoms with E-state index in [0.717, 1.165) is 30.4 Å². The number of nitrogens with zero attached hydrogens (tertiary/aromatic N) is 3. The van der Waals surface area contributed by atoms with Gasteiger partial charge in [0, 0.05) is 24.0 Å². The molecule has 1 aromatic carbocycles. The van der Waals surface area contributed by atoms with Crippen molar-refractivity contribution in [3.8, 4) is 5.75 Å². The molecule has 25 heavy (non-hydrogen) atoms. The van der Waals surface area contributed by atoms with E-state index >= 15 is 0 Å². The van der Waals surface area contributed by atoms with Crippen molar-refractivity contribution in [2.24, 2.45) is 16.3 Å². The first-order valence-corrected chi connectivity index (χ1v) is 8.65. The predicted octanol–water partition coefficient (Wildman–Crippen LogP) is 4.08. The van der Waals surface area contributed by atoms with Crippen LogP contribution in [0.15, 0.2) is 28.5 Å². The van der Waals surface area contributed by atoms with E-state index in [1.54, 1.807) is 14.0 Å². The van der Waals surface area contributed by atoms with Gasteiger partial charge in [0.1, 0.15) is 11.4 Å². The molecule has 0 bridgehead atoms. The highest BCUT2D eigenvalue weighted by Gasteiger charge is 2.21. The molecule has 1 saturated heterocycles. The fourth-order valence-electron chi connectivity index (χ4n) is 3.09. The fourth-order valence-corrected chi connectivity index (χ4v) is 3.09. The molecule has 3 rings (SSSR count). The summed E-state index contributed by atoms with van der Waals surface area (Å²) in [5.74, 6) is 0.865. The van der Waals surface area contributed by atoms with Gasteiger partial charge >= 0.3 is 5.97 Å². The number of esters is 1. The van der Waals surface area contributed by atoms with Crippen LogP contribution in [0.1, 0.15) is 37.2 Å². The third kappa shape index (κ3) is 3.75. The maximum Gasteiger partial charge on any atom is 0.357 e. The average Bonchev–Trinajstić information content (AvgIpc) is 2.98. The number of hydrogen-bond acceptors (Lipinski definition) is 5. The van der Waals surface area contributed by atoms with Crippen LogP contribution in [-0.4, -0.2) is 42.8 Å². The maximum atomic E-state index is 12.3. The molecule has 2 aromatic rings. The number of rotatable bonds is 5. The summed E-state index contributed by atoms with van der Waals surface area (Å²) in [7, 11) is 1.61. The maximum absolute atomic E-state index is 12.3. The first-order valence-electron chi connectivity index (χ1n) is 8.65. The minimum absolute atomic E-state index is 0.303. The second-order valence-electron chi connectivity index (χ2n) is 6.33. The van der Waals surface area contributed by atoms with Crippen LogP contribution < -0.4 is 4.74 Å². The minimum atomic E-state index is -0.432. The molecule has 0 saturated carbocycles. The predicted molar refractivity (Wildman–Crippen MR) is 95.3 cm³/mol. The van der Waals surface area contributed by atoms with E-state index in [-0.39, 0.29) is 0 Å². The highest BCUT2D eigenvalue weighted by atomic mass is 16.5. The van der Waals surface area contributed by atoms with Crippen molar-refractivity contribution in [2.75, 3.05) is 26.8 Å². The van der Waals surface area contributed by atoms with Gasteiger partial charge in [0.15, 0.2) is 5.69 Å². The van der Waals surface area contributed by atoms with Gasteiger partial charge in [-0.25, -0.2) is 4.79 Å². The van der Waals surface area contributed by atoms with Crippen LogP contribution in [-0.2, 0) is 4.74 Å². The van der Waals surface area contributed by atoms with Crippen molar-refractivity contribution in [1.29, 1.82) is 0 Å². The summed E-state index contributed by atoms with van der Waals surface area (Å²) >= 11 is 0. The monoisotopic (exact) mass is 344 g/mol. The number of methoxy groups -OCH3 is 1. The summed E-state index contributed by atoms with van der Waals surface area (Å²) < 4.78 is 10.4. The van der Waals surface area contributed by atoms with Crippen molar-refractivity contribution in [1.82, 2.24) is 9.99 Å². The Bertz CT molecular complexity index is 784. The summed E-state index contributed by atoms with van der Waals surface area (Å²) in [6.07, 6.45) is 2.32. The number of carbonyl (C=O) groups excluding carboxylic acids is 1. The van der Waals surface area contributed by atoms with Crippen LogP contribution >= 0.6 is 0 Å². The molecular weight excluding hydrogens is 320 g/mol. The Hall–Kier alpha value is -2.57. The molecule has 0 radical (unpaired) electrons. The molecule has 0 spiro atoms. The highest BCUT2D eigenvalue weighted by molar-refractivity contribution is 6.05. The summed E-state index contributed by atoms with van der Waals surface area (Å²) in [4.78, 5) is 15.4. The van der Waals surface area contributed by atoms with E-state index in [2.05, 4.69) is 22.2 Å². The Kier molecular flexibility index (Phi) is 5.21. The van der Waals surface area contributed by atoms with Crippen molar-refractivity contribution in [2.45, 2.75) is 26.7 Å². The lowest BCUT2D eigenvalue weighted by atomic mass is 10.0. The first kappa shape index (κ1) is 17.3. The van der Waals surface area contributed by atoms with Gasteiger partial charge in [-0.05, 0) is 43.9 Å². The number of fused-ring (bicyclic) bond motifs is 1. The van der Waals surface area contributed by atoms with E-state index in [1.807, 2.05) is 23.2 Å². The number of nitrogens with one attached hydrogen (secondary N) is 1. The molecule has 1 aliphatic rings. The molecular formula is C18H24N4O3. The van der Waals surface area contributed by atoms with E-state index < -0.39 is 5.97 Å². The molecule has 0 aliphatic carbocycles. The zero-order chi connectivity index (χ0) is 17.8. The molecule has 7 nitrogen and oxygen atoms in total. The SMILES string of the molecule is CCOC(=O)c1[nH]c2ccc(OC)cc2c1N=NN1CCC[C@@H](C)C1. The molecule has 0 amide bonds. The second kappa shape index (κ2) is 7.55. The molecule has 7 heteroatoms. The number of carbonyl (C=O) groups is 1. The number of ether oxygens (including phenoxy) is 2. The zero-order valence-corrected chi connectivity index (χ0v) is 14.9. The number of aromatic nitrogens is 1. The molecule has 1 atom stereocenters. The smallest absolute Gasteiger partial charge is 0.357 e. The minimum Gasteiger partial charge on any atom is -0.497 e. The van der Waals surface area contributed by atoms with Gasteiger partial charge in [0.2, 0.25) is 0 Å². The Labute approximate surface area is 147 Å². The topological polar surface area (TPSA) is 79.3 Å². The quantitative estimate of drug-likeness (QED) is 0.654. The average molecular weight is 344 g/mol. The van der Waals surface area contributed by atoms with Gasteiger partial charge in [-0.1, -0.05) is 12.1 Å². The number of piperidine rings is 1. The third-order valence-electron chi connectivity index (χ3n) is 4.36. The fraction of sp³-hybridized carbons (Fsp3) is 0.500. The standard InChI is InChI=1S/C18H24N4O3/c1-4-25-18(23)17-16(20-21-22-9-5-6-12(2)11-22)14-10-13(24-3)7-8-15(14)19-17/h7-8,10,12,19H,4-6,9,11H2,1-3H3/t12-/m1/s1. The van der Waals surface area contributed by atoms with Crippen LogP contribution in [0.4, 0.5) is 5.69 Å². The molecule has 1 aliphatic heterocycles. The van der Waals surface area contributed by atoms with Crippen molar-refractivity contribution in [3.05, 3.63) is 23.9 Å². The van der Waals surface area contributed by atoms with Crippen molar-refractivity contribution in [3.63, 3.8) is 0 Å². The first-order chi connectivity index (χ1) is 12.1. The zero-order valence-electron chi connectivity index (χ0n) is 14.9. The summed E-state index contributed by atoms with van der Waals surface area (Å²) in [5.41, 5.74) is 1.61.